The first-order chi connectivity index (χ1) is 6.72. The van der Waals surface area contributed by atoms with Crippen LogP contribution in [0, 0.1) is 5.92 Å². The summed E-state index contributed by atoms with van der Waals surface area (Å²) in [6.07, 6.45) is 2.12. The van der Waals surface area contributed by atoms with Crippen LogP contribution >= 0.6 is 24.2 Å². The molecule has 1 aliphatic heterocycles. The predicted molar refractivity (Wildman–Crippen MR) is 57.9 cm³/mol. The largest absolute Gasteiger partial charge is 0.308 e. The van der Waals surface area contributed by atoms with Crippen LogP contribution in [-0.4, -0.2) is 28.4 Å². The number of rotatable bonds is 2. The first kappa shape index (κ1) is 9.86. The summed E-state index contributed by atoms with van der Waals surface area (Å²) in [5.41, 5.74) is 0.668. The molecule has 0 bridgehead atoms. The Balaban J connectivity index is 2.20. The van der Waals surface area contributed by atoms with Gasteiger partial charge in [-0.25, -0.2) is 0 Å². The number of halogens is 1. The molecule has 4 nitrogen and oxygen atoms in total. The first-order valence-electron chi connectivity index (χ1n) is 4.32. The molecule has 1 N–H and O–H groups in total. The molecule has 1 amide bonds. The predicted octanol–water partition coefficient (Wildman–Crippen LogP) is 1.35. The number of hydrogen-bond acceptors (Lipinski definition) is 3. The van der Waals surface area contributed by atoms with Gasteiger partial charge in [0.25, 0.3) is 0 Å². The molecule has 2 heterocycles. The average Bonchev–Trinajstić information content (AvgIpc) is 2.72. The number of amides is 1. The molecule has 1 aliphatic rings. The van der Waals surface area contributed by atoms with Crippen molar-refractivity contribution in [2.45, 2.75) is 6.42 Å². The Morgan fingerprint density at radius 3 is 3.07 bits per heavy atom. The van der Waals surface area contributed by atoms with Gasteiger partial charge in [-0.05, 0) is 11.7 Å². The van der Waals surface area contributed by atoms with Crippen LogP contribution < -0.4 is 4.90 Å². The van der Waals surface area contributed by atoms with Crippen molar-refractivity contribution >= 4 is 35.8 Å². The van der Waals surface area contributed by atoms with Gasteiger partial charge in [-0.2, -0.15) is 17.7 Å². The molecule has 1 fully saturated rings. The summed E-state index contributed by atoms with van der Waals surface area (Å²) in [7, 11) is 0. The molecule has 14 heavy (non-hydrogen) atoms. The van der Waals surface area contributed by atoms with Crippen molar-refractivity contribution in [3.8, 4) is 0 Å². The lowest BCUT2D eigenvalue weighted by Gasteiger charge is -2.13. The third kappa shape index (κ3) is 1.62. The van der Waals surface area contributed by atoms with E-state index in [-0.39, 0.29) is 5.91 Å². The molecule has 0 aliphatic carbocycles. The number of carbonyl (C=O) groups is 1. The normalized spacial score (nSPS) is 22.0. The molecule has 0 aromatic carbocycles. The monoisotopic (exact) mass is 231 g/mol. The van der Waals surface area contributed by atoms with Crippen molar-refractivity contribution in [2.75, 3.05) is 17.2 Å². The molecular formula is C8H10ClN3OS. The number of nitrogens with one attached hydrogen (secondary N) is 1. The number of hydrogen-bond donors (Lipinski definition) is 2. The molecule has 2 rings (SSSR count). The van der Waals surface area contributed by atoms with Crippen molar-refractivity contribution in [1.82, 2.24) is 10.2 Å². The summed E-state index contributed by atoms with van der Waals surface area (Å²) < 4.78 is 0. The van der Waals surface area contributed by atoms with Crippen LogP contribution in [0.1, 0.15) is 6.42 Å². The topological polar surface area (TPSA) is 49.0 Å². The van der Waals surface area contributed by atoms with E-state index in [1.54, 1.807) is 11.1 Å². The highest BCUT2D eigenvalue weighted by atomic mass is 35.5. The van der Waals surface area contributed by atoms with E-state index >= 15 is 0 Å². The van der Waals surface area contributed by atoms with Crippen LogP contribution in [0.15, 0.2) is 6.20 Å². The Hall–Kier alpha value is -0.680. The molecule has 1 aromatic rings. The third-order valence-electron chi connectivity index (χ3n) is 2.33. The third-order valence-corrected chi connectivity index (χ3v) is 3.12. The summed E-state index contributed by atoms with van der Waals surface area (Å²) >= 11 is 10.0. The first-order valence-corrected chi connectivity index (χ1v) is 5.33. The van der Waals surface area contributed by atoms with Gasteiger partial charge in [0.05, 0.1) is 6.20 Å². The molecule has 6 heteroatoms. The highest BCUT2D eigenvalue weighted by molar-refractivity contribution is 7.80. The van der Waals surface area contributed by atoms with Crippen molar-refractivity contribution < 1.29 is 4.79 Å². The SMILES string of the molecule is O=C1CC(CS)CN1c1cn[nH]c1Cl. The zero-order valence-corrected chi connectivity index (χ0v) is 9.05. The molecule has 0 saturated carbocycles. The van der Waals surface area contributed by atoms with Crippen LogP contribution in [0.4, 0.5) is 5.69 Å². The standard InChI is InChI=1S/C8H10ClN3OS/c9-8-6(2-10-11-8)12-3-5(4-14)1-7(12)13/h2,5,14H,1,3-4H2,(H,10,11). The van der Waals surface area contributed by atoms with Crippen LogP contribution in [0.5, 0.6) is 0 Å². The molecular weight excluding hydrogens is 222 g/mol. The second-order valence-electron chi connectivity index (χ2n) is 3.33. The van der Waals surface area contributed by atoms with Crippen LogP contribution in [-0.2, 0) is 4.79 Å². The van der Waals surface area contributed by atoms with Crippen LogP contribution in [0.25, 0.3) is 0 Å². The van der Waals surface area contributed by atoms with Gasteiger partial charge >= 0.3 is 0 Å². The Labute approximate surface area is 92.0 Å². The zero-order chi connectivity index (χ0) is 10.1. The number of nitrogens with zero attached hydrogens (tertiary/aromatic N) is 2. The maximum absolute atomic E-state index is 11.6. The van der Waals surface area contributed by atoms with Crippen LogP contribution in [0.2, 0.25) is 5.15 Å². The lowest BCUT2D eigenvalue weighted by atomic mass is 10.1. The van der Waals surface area contributed by atoms with E-state index in [4.69, 9.17) is 11.6 Å². The molecule has 0 spiro atoms. The maximum atomic E-state index is 11.6. The van der Waals surface area contributed by atoms with E-state index in [0.717, 1.165) is 5.75 Å². The summed E-state index contributed by atoms with van der Waals surface area (Å²) in [6.45, 7) is 0.682. The Bertz CT molecular complexity index is 354. The number of anilines is 1. The quantitative estimate of drug-likeness (QED) is 0.755. The second kappa shape index (κ2) is 3.82. The van der Waals surface area contributed by atoms with E-state index in [9.17, 15) is 4.79 Å². The number of thiol groups is 1. The fraction of sp³-hybridized carbons (Fsp3) is 0.500. The van der Waals surface area contributed by atoms with E-state index < -0.39 is 0 Å². The molecule has 1 aromatic heterocycles. The van der Waals surface area contributed by atoms with Gasteiger partial charge in [0.15, 0.2) is 0 Å². The Morgan fingerprint density at radius 1 is 1.79 bits per heavy atom. The van der Waals surface area contributed by atoms with Gasteiger partial charge < -0.3 is 4.90 Å². The van der Waals surface area contributed by atoms with Crippen molar-refractivity contribution in [3.05, 3.63) is 11.3 Å². The van der Waals surface area contributed by atoms with E-state index in [2.05, 4.69) is 22.8 Å². The number of aromatic amines is 1. The number of carbonyl (C=O) groups excluding carboxylic acids is 1. The minimum absolute atomic E-state index is 0.0901. The van der Waals surface area contributed by atoms with Gasteiger partial charge in [-0.3, -0.25) is 9.89 Å². The van der Waals surface area contributed by atoms with Gasteiger partial charge in [-0.15, -0.1) is 0 Å². The van der Waals surface area contributed by atoms with Crippen molar-refractivity contribution in [2.24, 2.45) is 5.92 Å². The lowest BCUT2D eigenvalue weighted by Crippen LogP contribution is -2.24. The maximum Gasteiger partial charge on any atom is 0.227 e. The van der Waals surface area contributed by atoms with E-state index in [1.165, 1.54) is 0 Å². The minimum atomic E-state index is 0.0901. The fourth-order valence-corrected chi connectivity index (χ4v) is 2.03. The Morgan fingerprint density at radius 2 is 2.57 bits per heavy atom. The highest BCUT2D eigenvalue weighted by Crippen LogP contribution is 2.29. The Kier molecular flexibility index (Phi) is 2.69. The average molecular weight is 232 g/mol. The van der Waals surface area contributed by atoms with Crippen LogP contribution in [0.3, 0.4) is 0 Å². The zero-order valence-electron chi connectivity index (χ0n) is 7.40. The van der Waals surface area contributed by atoms with Crippen molar-refractivity contribution in [3.63, 3.8) is 0 Å². The smallest absolute Gasteiger partial charge is 0.227 e. The second-order valence-corrected chi connectivity index (χ2v) is 4.07. The summed E-state index contributed by atoms with van der Waals surface area (Å²) in [5, 5.41) is 6.80. The minimum Gasteiger partial charge on any atom is -0.308 e. The highest BCUT2D eigenvalue weighted by Gasteiger charge is 2.31. The van der Waals surface area contributed by atoms with E-state index in [1.807, 2.05) is 0 Å². The van der Waals surface area contributed by atoms with E-state index in [0.29, 0.717) is 29.7 Å². The van der Waals surface area contributed by atoms with Gasteiger partial charge in [0.2, 0.25) is 5.91 Å². The van der Waals surface area contributed by atoms with Gasteiger partial charge in [-0.1, -0.05) is 11.6 Å². The number of aromatic nitrogens is 2. The molecule has 1 atom stereocenters. The molecule has 76 valence electrons. The molecule has 0 radical (unpaired) electrons. The van der Waals surface area contributed by atoms with Gasteiger partial charge in [0.1, 0.15) is 10.8 Å². The molecule has 1 unspecified atom stereocenters. The fourth-order valence-electron chi connectivity index (χ4n) is 1.59. The summed E-state index contributed by atoms with van der Waals surface area (Å²) in [4.78, 5) is 13.2. The lowest BCUT2D eigenvalue weighted by molar-refractivity contribution is -0.117. The van der Waals surface area contributed by atoms with Crippen molar-refractivity contribution in [1.29, 1.82) is 0 Å². The summed E-state index contributed by atoms with van der Waals surface area (Å²) in [5.74, 6) is 1.13. The molecule has 1 saturated heterocycles. The van der Waals surface area contributed by atoms with Gasteiger partial charge in [0, 0.05) is 13.0 Å². The summed E-state index contributed by atoms with van der Waals surface area (Å²) in [6, 6.07) is 0. The number of H-pyrrole nitrogens is 1.